The number of hydrogen-bond acceptors (Lipinski definition) is 2. The van der Waals surface area contributed by atoms with Crippen molar-refractivity contribution in [1.29, 1.82) is 0 Å². The lowest BCUT2D eigenvalue weighted by Gasteiger charge is -2.18. The van der Waals surface area contributed by atoms with Gasteiger partial charge in [-0.05, 0) is 19.3 Å². The lowest BCUT2D eigenvalue weighted by molar-refractivity contribution is -0.146. The maximum atomic E-state index is 11.8. The Balaban J connectivity index is 2.60. The lowest BCUT2D eigenvalue weighted by Crippen LogP contribution is -2.40. The summed E-state index contributed by atoms with van der Waals surface area (Å²) in [5.41, 5.74) is 0. The molecule has 4 nitrogen and oxygen atoms in total. The van der Waals surface area contributed by atoms with Crippen molar-refractivity contribution in [2.24, 2.45) is 11.8 Å². The molecule has 0 saturated heterocycles. The quantitative estimate of drug-likeness (QED) is 0.699. The fourth-order valence-corrected chi connectivity index (χ4v) is 2.11. The number of aliphatic carboxylic acids is 1. The first-order valence-electron chi connectivity index (χ1n) is 5.59. The van der Waals surface area contributed by atoms with E-state index < -0.39 is 17.8 Å². The number of amides is 1. The maximum absolute atomic E-state index is 11.8. The molecule has 0 spiro atoms. The summed E-state index contributed by atoms with van der Waals surface area (Å²) in [5, 5.41) is 11.7. The third-order valence-electron chi connectivity index (χ3n) is 3.10. The summed E-state index contributed by atoms with van der Waals surface area (Å²) in [6.45, 7) is 1.88. The minimum absolute atomic E-state index is 0.213. The van der Waals surface area contributed by atoms with Crippen LogP contribution in [-0.4, -0.2) is 23.0 Å². The van der Waals surface area contributed by atoms with E-state index in [1.165, 1.54) is 0 Å². The predicted molar refractivity (Wildman–Crippen MR) is 59.5 cm³/mol. The van der Waals surface area contributed by atoms with Gasteiger partial charge in [0, 0.05) is 0 Å². The van der Waals surface area contributed by atoms with Gasteiger partial charge < -0.3 is 10.4 Å². The van der Waals surface area contributed by atoms with Crippen molar-refractivity contribution < 1.29 is 14.7 Å². The van der Waals surface area contributed by atoms with Crippen LogP contribution in [0.15, 0.2) is 0 Å². The topological polar surface area (TPSA) is 66.4 Å². The van der Waals surface area contributed by atoms with Crippen molar-refractivity contribution in [3.05, 3.63) is 0 Å². The lowest BCUT2D eigenvalue weighted by atomic mass is 9.95. The predicted octanol–water partition coefficient (Wildman–Crippen LogP) is 1.02. The van der Waals surface area contributed by atoms with Crippen LogP contribution in [0.1, 0.15) is 32.6 Å². The Morgan fingerprint density at radius 3 is 2.62 bits per heavy atom. The molecule has 1 rings (SSSR count). The second-order valence-corrected chi connectivity index (χ2v) is 4.12. The molecule has 3 atom stereocenters. The van der Waals surface area contributed by atoms with E-state index in [1.807, 2.05) is 6.92 Å². The Labute approximate surface area is 95.4 Å². The van der Waals surface area contributed by atoms with Crippen LogP contribution in [0.25, 0.3) is 0 Å². The molecule has 3 unspecified atom stereocenters. The molecule has 4 heteroatoms. The minimum Gasteiger partial charge on any atom is -0.481 e. The average Bonchev–Trinajstić information content (AvgIpc) is 2.74. The third kappa shape index (κ3) is 2.75. The van der Waals surface area contributed by atoms with Gasteiger partial charge in [0.05, 0.1) is 17.9 Å². The average molecular weight is 223 g/mol. The molecule has 0 aromatic carbocycles. The summed E-state index contributed by atoms with van der Waals surface area (Å²) in [6.07, 6.45) is 7.92. The molecule has 0 bridgehead atoms. The van der Waals surface area contributed by atoms with Gasteiger partial charge in [-0.2, -0.15) is 0 Å². The van der Waals surface area contributed by atoms with E-state index >= 15 is 0 Å². The smallest absolute Gasteiger partial charge is 0.307 e. The van der Waals surface area contributed by atoms with Crippen LogP contribution >= 0.6 is 0 Å². The first-order valence-corrected chi connectivity index (χ1v) is 5.59. The van der Waals surface area contributed by atoms with Crippen LogP contribution < -0.4 is 5.32 Å². The fourth-order valence-electron chi connectivity index (χ4n) is 2.11. The summed E-state index contributed by atoms with van der Waals surface area (Å²) in [5.74, 6) is 0.412. The number of carboxylic acids is 1. The van der Waals surface area contributed by atoms with Gasteiger partial charge in [0.1, 0.15) is 0 Å². The molecule has 0 aromatic heterocycles. The molecule has 0 heterocycles. The van der Waals surface area contributed by atoms with Crippen molar-refractivity contribution in [2.45, 2.75) is 38.6 Å². The van der Waals surface area contributed by atoms with Gasteiger partial charge in [-0.25, -0.2) is 0 Å². The molecule has 2 N–H and O–H groups in total. The van der Waals surface area contributed by atoms with Gasteiger partial charge in [-0.3, -0.25) is 9.59 Å². The zero-order valence-corrected chi connectivity index (χ0v) is 9.40. The number of carbonyl (C=O) groups is 2. The summed E-state index contributed by atoms with van der Waals surface area (Å²) in [4.78, 5) is 22.7. The minimum atomic E-state index is -0.883. The highest BCUT2D eigenvalue weighted by molar-refractivity contribution is 5.85. The third-order valence-corrected chi connectivity index (χ3v) is 3.10. The Morgan fingerprint density at radius 1 is 1.50 bits per heavy atom. The SMILES string of the molecule is C#CC(CC)NC(=O)C1CCCC1C(=O)O. The van der Waals surface area contributed by atoms with E-state index in [2.05, 4.69) is 11.2 Å². The monoisotopic (exact) mass is 223 g/mol. The number of carbonyl (C=O) groups excluding carboxylic acids is 1. The van der Waals surface area contributed by atoms with Crippen molar-refractivity contribution >= 4 is 11.9 Å². The zero-order valence-electron chi connectivity index (χ0n) is 9.40. The number of terminal acetylenes is 1. The highest BCUT2D eigenvalue weighted by Gasteiger charge is 2.37. The van der Waals surface area contributed by atoms with Crippen molar-refractivity contribution in [1.82, 2.24) is 5.32 Å². The molecule has 1 amide bonds. The van der Waals surface area contributed by atoms with Gasteiger partial charge in [-0.15, -0.1) is 6.42 Å². The van der Waals surface area contributed by atoms with Crippen LogP contribution in [0, 0.1) is 24.2 Å². The molecular formula is C12H17NO3. The Hall–Kier alpha value is -1.50. The molecule has 1 fully saturated rings. The van der Waals surface area contributed by atoms with Crippen LogP contribution in [0.3, 0.4) is 0 Å². The van der Waals surface area contributed by atoms with E-state index in [1.54, 1.807) is 0 Å². The Kier molecular flexibility index (Phi) is 4.36. The normalized spacial score (nSPS) is 25.8. The second kappa shape index (κ2) is 5.55. The molecule has 0 radical (unpaired) electrons. The van der Waals surface area contributed by atoms with Crippen LogP contribution in [-0.2, 0) is 9.59 Å². The van der Waals surface area contributed by atoms with Gasteiger partial charge in [-0.1, -0.05) is 19.3 Å². The van der Waals surface area contributed by atoms with Crippen molar-refractivity contribution in [3.63, 3.8) is 0 Å². The van der Waals surface area contributed by atoms with Gasteiger partial charge in [0.15, 0.2) is 0 Å². The van der Waals surface area contributed by atoms with E-state index in [4.69, 9.17) is 11.5 Å². The van der Waals surface area contributed by atoms with Gasteiger partial charge >= 0.3 is 5.97 Å². The summed E-state index contributed by atoms with van der Waals surface area (Å²) in [6, 6.07) is -0.289. The Morgan fingerprint density at radius 2 is 2.12 bits per heavy atom. The second-order valence-electron chi connectivity index (χ2n) is 4.12. The fraction of sp³-hybridized carbons (Fsp3) is 0.667. The van der Waals surface area contributed by atoms with Crippen LogP contribution in [0.2, 0.25) is 0 Å². The van der Waals surface area contributed by atoms with E-state index in [0.29, 0.717) is 19.3 Å². The van der Waals surface area contributed by atoms with Gasteiger partial charge in [0.2, 0.25) is 5.91 Å². The standard InChI is InChI=1S/C12H17NO3/c1-3-8(4-2)13-11(14)9-6-5-7-10(9)12(15)16/h1,8-10H,4-7H2,2H3,(H,13,14)(H,15,16). The number of nitrogens with one attached hydrogen (secondary N) is 1. The molecule has 88 valence electrons. The summed E-state index contributed by atoms with van der Waals surface area (Å²) in [7, 11) is 0. The molecule has 16 heavy (non-hydrogen) atoms. The first-order chi connectivity index (χ1) is 7.60. The van der Waals surface area contributed by atoms with Crippen LogP contribution in [0.4, 0.5) is 0 Å². The number of hydrogen-bond donors (Lipinski definition) is 2. The highest BCUT2D eigenvalue weighted by atomic mass is 16.4. The molecule has 1 saturated carbocycles. The van der Waals surface area contributed by atoms with Crippen molar-refractivity contribution in [2.75, 3.05) is 0 Å². The molecular weight excluding hydrogens is 206 g/mol. The first kappa shape index (κ1) is 12.6. The molecule has 0 aromatic rings. The summed E-state index contributed by atoms with van der Waals surface area (Å²) >= 11 is 0. The zero-order chi connectivity index (χ0) is 12.1. The number of carboxylic acid groups (broad SMARTS) is 1. The molecule has 1 aliphatic rings. The Bertz CT molecular complexity index is 319. The number of rotatable bonds is 4. The highest BCUT2D eigenvalue weighted by Crippen LogP contribution is 2.32. The van der Waals surface area contributed by atoms with E-state index in [0.717, 1.165) is 6.42 Å². The van der Waals surface area contributed by atoms with Crippen LogP contribution in [0.5, 0.6) is 0 Å². The van der Waals surface area contributed by atoms with E-state index in [-0.39, 0.29) is 11.9 Å². The molecule has 0 aliphatic heterocycles. The van der Waals surface area contributed by atoms with E-state index in [9.17, 15) is 9.59 Å². The largest absolute Gasteiger partial charge is 0.481 e. The summed E-state index contributed by atoms with van der Waals surface area (Å²) < 4.78 is 0. The molecule has 1 aliphatic carbocycles. The van der Waals surface area contributed by atoms with Crippen molar-refractivity contribution in [3.8, 4) is 12.3 Å². The maximum Gasteiger partial charge on any atom is 0.307 e. The van der Waals surface area contributed by atoms with Gasteiger partial charge in [0.25, 0.3) is 0 Å².